The van der Waals surface area contributed by atoms with E-state index in [4.69, 9.17) is 4.43 Å². The third-order valence-electron chi connectivity index (χ3n) is 7.64. The van der Waals surface area contributed by atoms with E-state index < -0.39 is 20.1 Å². The van der Waals surface area contributed by atoms with Crippen molar-refractivity contribution < 1.29 is 27.1 Å². The highest BCUT2D eigenvalue weighted by Crippen LogP contribution is 2.41. The first-order valence-corrected chi connectivity index (χ1v) is 15.8. The second-order valence-electron chi connectivity index (χ2n) is 11.7. The van der Waals surface area contributed by atoms with Crippen LogP contribution >= 0.6 is 0 Å². The van der Waals surface area contributed by atoms with Gasteiger partial charge >= 0.3 is 6.18 Å². The molecule has 0 unspecified atom stereocenters. The molecule has 3 aromatic carbocycles. The van der Waals surface area contributed by atoms with E-state index >= 15 is 0 Å². The number of benzene rings is 3. The molecule has 0 saturated carbocycles. The standard InChI is InChI=1S/C31H38F4O2Si/c1-20(2)26-17-23(19-37-38(6,7)30(3,4)5)28(18-36)29(22-10-14-25(32)15-11-22)27(26)16-21-8-12-24(13-9-21)31(33,34)35/h8-15,17,20,36H,16,18-19H2,1-7H3. The molecule has 0 spiro atoms. The van der Waals surface area contributed by atoms with Crippen LogP contribution in [0, 0.1) is 5.82 Å². The highest BCUT2D eigenvalue weighted by Gasteiger charge is 2.37. The Bertz CT molecular complexity index is 1240. The molecule has 0 amide bonds. The second-order valence-corrected chi connectivity index (χ2v) is 16.5. The van der Waals surface area contributed by atoms with Gasteiger partial charge in [0.25, 0.3) is 0 Å². The molecular weight excluding hydrogens is 508 g/mol. The molecule has 0 aromatic heterocycles. The fraction of sp³-hybridized carbons (Fsp3) is 0.419. The minimum atomic E-state index is -4.41. The summed E-state index contributed by atoms with van der Waals surface area (Å²) in [5.74, 6) is -0.275. The van der Waals surface area contributed by atoms with Gasteiger partial charge in [-0.05, 0) is 93.7 Å². The molecular formula is C31H38F4O2Si. The lowest BCUT2D eigenvalue weighted by Gasteiger charge is -2.36. The van der Waals surface area contributed by atoms with Crippen LogP contribution in [0.25, 0.3) is 11.1 Å². The summed E-state index contributed by atoms with van der Waals surface area (Å²) in [5.41, 5.74) is 5.05. The van der Waals surface area contributed by atoms with Crippen LogP contribution in [0.5, 0.6) is 0 Å². The number of aliphatic hydroxyl groups is 1. The molecule has 206 valence electrons. The molecule has 38 heavy (non-hydrogen) atoms. The van der Waals surface area contributed by atoms with Gasteiger partial charge in [-0.2, -0.15) is 13.2 Å². The van der Waals surface area contributed by atoms with E-state index in [2.05, 4.69) is 53.8 Å². The van der Waals surface area contributed by atoms with Crippen LogP contribution in [0.15, 0.2) is 54.6 Å². The molecule has 0 aliphatic rings. The van der Waals surface area contributed by atoms with Crippen molar-refractivity contribution in [2.45, 2.75) is 84.5 Å². The van der Waals surface area contributed by atoms with Gasteiger partial charge in [0.1, 0.15) is 5.82 Å². The Kier molecular flexibility index (Phi) is 8.96. The Balaban J connectivity index is 2.21. The summed E-state index contributed by atoms with van der Waals surface area (Å²) in [6, 6.07) is 13.4. The van der Waals surface area contributed by atoms with Crippen LogP contribution in [0.3, 0.4) is 0 Å². The Morgan fingerprint density at radius 3 is 1.95 bits per heavy atom. The average molecular weight is 547 g/mol. The maximum atomic E-state index is 13.9. The van der Waals surface area contributed by atoms with Crippen molar-refractivity contribution in [3.63, 3.8) is 0 Å². The smallest absolute Gasteiger partial charge is 0.413 e. The Morgan fingerprint density at radius 2 is 1.47 bits per heavy atom. The molecule has 0 saturated heterocycles. The van der Waals surface area contributed by atoms with Crippen LogP contribution in [-0.4, -0.2) is 13.4 Å². The predicted molar refractivity (Wildman–Crippen MR) is 148 cm³/mol. The van der Waals surface area contributed by atoms with Crippen LogP contribution in [0.2, 0.25) is 18.1 Å². The maximum absolute atomic E-state index is 13.9. The molecule has 3 aromatic rings. The van der Waals surface area contributed by atoms with Crippen LogP contribution in [0.1, 0.15) is 73.9 Å². The normalized spacial score (nSPS) is 12.9. The number of hydrogen-bond donors (Lipinski definition) is 1. The summed E-state index contributed by atoms with van der Waals surface area (Å²) in [4.78, 5) is 0. The van der Waals surface area contributed by atoms with Crippen LogP contribution in [-0.2, 0) is 30.2 Å². The number of aliphatic hydroxyl groups excluding tert-OH is 1. The fourth-order valence-electron chi connectivity index (χ4n) is 4.32. The molecule has 0 bridgehead atoms. The number of hydrogen-bond acceptors (Lipinski definition) is 2. The fourth-order valence-corrected chi connectivity index (χ4v) is 5.27. The minimum Gasteiger partial charge on any atom is -0.413 e. The summed E-state index contributed by atoms with van der Waals surface area (Å²) in [5, 5.41) is 10.6. The average Bonchev–Trinajstić information content (AvgIpc) is 2.82. The maximum Gasteiger partial charge on any atom is 0.416 e. The number of alkyl halides is 3. The van der Waals surface area contributed by atoms with Gasteiger partial charge < -0.3 is 9.53 Å². The lowest BCUT2D eigenvalue weighted by Crippen LogP contribution is -2.40. The summed E-state index contributed by atoms with van der Waals surface area (Å²) in [7, 11) is -2.09. The third kappa shape index (κ3) is 6.74. The Labute approximate surface area is 224 Å². The minimum absolute atomic E-state index is 0.00949. The molecule has 0 atom stereocenters. The van der Waals surface area contributed by atoms with Crippen molar-refractivity contribution in [2.75, 3.05) is 0 Å². The van der Waals surface area contributed by atoms with Gasteiger partial charge in [-0.3, -0.25) is 0 Å². The highest BCUT2D eigenvalue weighted by atomic mass is 28.4. The molecule has 0 heterocycles. The van der Waals surface area contributed by atoms with Gasteiger partial charge in [0.05, 0.1) is 18.8 Å². The molecule has 7 heteroatoms. The van der Waals surface area contributed by atoms with Gasteiger partial charge in [-0.15, -0.1) is 0 Å². The van der Waals surface area contributed by atoms with E-state index in [1.165, 1.54) is 24.3 Å². The first-order chi connectivity index (χ1) is 17.5. The van der Waals surface area contributed by atoms with E-state index in [9.17, 15) is 22.7 Å². The first kappa shape index (κ1) is 30.1. The molecule has 2 nitrogen and oxygen atoms in total. The van der Waals surface area contributed by atoms with Crippen molar-refractivity contribution in [3.8, 4) is 11.1 Å². The molecule has 0 aliphatic carbocycles. The van der Waals surface area contributed by atoms with Crippen LogP contribution in [0.4, 0.5) is 17.6 Å². The molecule has 0 radical (unpaired) electrons. The van der Waals surface area contributed by atoms with Crippen LogP contribution < -0.4 is 0 Å². The molecule has 3 rings (SSSR count). The van der Waals surface area contributed by atoms with Gasteiger partial charge in [-0.1, -0.05) is 65.0 Å². The van der Waals surface area contributed by atoms with Crippen molar-refractivity contribution in [1.29, 1.82) is 0 Å². The lowest BCUT2D eigenvalue weighted by molar-refractivity contribution is -0.137. The molecule has 0 aliphatic heterocycles. The summed E-state index contributed by atoms with van der Waals surface area (Å²) in [6.45, 7) is 15.1. The van der Waals surface area contributed by atoms with E-state index in [0.717, 1.165) is 45.5 Å². The van der Waals surface area contributed by atoms with Gasteiger partial charge in [0.15, 0.2) is 8.32 Å². The van der Waals surface area contributed by atoms with E-state index in [1.54, 1.807) is 12.1 Å². The van der Waals surface area contributed by atoms with Crippen molar-refractivity contribution in [1.82, 2.24) is 0 Å². The van der Waals surface area contributed by atoms with Gasteiger partial charge in [-0.25, -0.2) is 4.39 Å². The van der Waals surface area contributed by atoms with E-state index in [0.29, 0.717) is 18.6 Å². The zero-order valence-corrected chi connectivity index (χ0v) is 24.3. The molecule has 0 fully saturated rings. The number of halogens is 4. The van der Waals surface area contributed by atoms with E-state index in [-0.39, 0.29) is 23.4 Å². The Morgan fingerprint density at radius 1 is 0.895 bits per heavy atom. The SMILES string of the molecule is CC(C)c1cc(CO[Si](C)(C)C(C)(C)C)c(CO)c(-c2ccc(F)cc2)c1Cc1ccc(C(F)(F)F)cc1. The highest BCUT2D eigenvalue weighted by molar-refractivity contribution is 6.74. The lowest BCUT2D eigenvalue weighted by atomic mass is 9.82. The predicted octanol–water partition coefficient (Wildman–Crippen LogP) is 9.24. The van der Waals surface area contributed by atoms with Gasteiger partial charge in [0.2, 0.25) is 0 Å². The van der Waals surface area contributed by atoms with E-state index in [1.807, 2.05) is 0 Å². The zero-order valence-electron chi connectivity index (χ0n) is 23.3. The quantitative estimate of drug-likeness (QED) is 0.225. The Hall–Kier alpha value is -2.48. The number of rotatable bonds is 8. The largest absolute Gasteiger partial charge is 0.416 e. The summed E-state index contributed by atoms with van der Waals surface area (Å²) < 4.78 is 59.8. The summed E-state index contributed by atoms with van der Waals surface area (Å²) >= 11 is 0. The van der Waals surface area contributed by atoms with Gasteiger partial charge in [0, 0.05) is 0 Å². The summed E-state index contributed by atoms with van der Waals surface area (Å²) in [6.07, 6.45) is -4.04. The topological polar surface area (TPSA) is 29.5 Å². The first-order valence-electron chi connectivity index (χ1n) is 12.9. The van der Waals surface area contributed by atoms with Crippen molar-refractivity contribution in [3.05, 3.63) is 93.8 Å². The van der Waals surface area contributed by atoms with Crippen molar-refractivity contribution in [2.24, 2.45) is 0 Å². The second kappa shape index (κ2) is 11.3. The van der Waals surface area contributed by atoms with Crippen molar-refractivity contribution >= 4 is 8.32 Å². The zero-order chi connectivity index (χ0) is 28.5. The molecule has 1 N–H and O–H groups in total. The monoisotopic (exact) mass is 546 g/mol. The third-order valence-corrected chi connectivity index (χ3v) is 12.1.